The summed E-state index contributed by atoms with van der Waals surface area (Å²) in [6.07, 6.45) is 0. The monoisotopic (exact) mass is 333 g/mol. The normalized spacial score (nSPS) is 10.2. The van der Waals surface area contributed by atoms with Gasteiger partial charge in [0.05, 0.1) is 0 Å². The lowest BCUT2D eigenvalue weighted by Crippen LogP contribution is -2.21. The fraction of sp³-hybridized carbons (Fsp3) is 0.188. The Kier molecular flexibility index (Phi) is 4.79. The average molecular weight is 334 g/mol. The van der Waals surface area contributed by atoms with Crippen LogP contribution >= 0.6 is 15.9 Å². The van der Waals surface area contributed by atoms with Crippen molar-refractivity contribution in [3.05, 3.63) is 58.1 Å². The molecule has 2 aromatic rings. The minimum atomic E-state index is -0.162. The molecule has 0 radical (unpaired) electrons. The van der Waals surface area contributed by atoms with Gasteiger partial charge >= 0.3 is 0 Å². The van der Waals surface area contributed by atoms with E-state index in [2.05, 4.69) is 21.2 Å². The number of ether oxygens (including phenoxy) is 1. The lowest BCUT2D eigenvalue weighted by molar-refractivity contribution is -0.118. The van der Waals surface area contributed by atoms with E-state index in [1.165, 1.54) is 0 Å². The van der Waals surface area contributed by atoms with Crippen LogP contribution in [0.1, 0.15) is 11.1 Å². The van der Waals surface area contributed by atoms with Crippen molar-refractivity contribution >= 4 is 27.5 Å². The van der Waals surface area contributed by atoms with Crippen LogP contribution in [-0.2, 0) is 4.79 Å². The highest BCUT2D eigenvalue weighted by atomic mass is 79.9. The van der Waals surface area contributed by atoms with Crippen molar-refractivity contribution in [1.82, 2.24) is 0 Å². The van der Waals surface area contributed by atoms with E-state index < -0.39 is 0 Å². The van der Waals surface area contributed by atoms with Gasteiger partial charge in [-0.15, -0.1) is 0 Å². The van der Waals surface area contributed by atoms with Crippen LogP contribution < -0.4 is 10.1 Å². The molecule has 1 N–H and O–H groups in total. The molecule has 0 atom stereocenters. The van der Waals surface area contributed by atoms with E-state index in [0.29, 0.717) is 5.75 Å². The van der Waals surface area contributed by atoms with Crippen molar-refractivity contribution in [1.29, 1.82) is 0 Å². The molecule has 0 heterocycles. The van der Waals surface area contributed by atoms with Gasteiger partial charge in [0.15, 0.2) is 6.61 Å². The second-order valence-corrected chi connectivity index (χ2v) is 5.47. The Balaban J connectivity index is 1.94. The van der Waals surface area contributed by atoms with E-state index in [1.807, 2.05) is 56.3 Å². The molecule has 3 nitrogen and oxygen atoms in total. The largest absolute Gasteiger partial charge is 0.484 e. The summed E-state index contributed by atoms with van der Waals surface area (Å²) in [6.45, 7) is 3.94. The quantitative estimate of drug-likeness (QED) is 0.915. The smallest absolute Gasteiger partial charge is 0.262 e. The number of para-hydroxylation sites is 1. The minimum Gasteiger partial charge on any atom is -0.484 e. The topological polar surface area (TPSA) is 38.3 Å². The number of carbonyl (C=O) groups excluding carboxylic acids is 1. The third kappa shape index (κ3) is 3.84. The third-order valence-corrected chi connectivity index (χ3v) is 3.46. The first kappa shape index (κ1) is 14.6. The number of anilines is 1. The van der Waals surface area contributed by atoms with Crippen LogP contribution in [0.5, 0.6) is 5.75 Å². The Labute approximate surface area is 127 Å². The van der Waals surface area contributed by atoms with E-state index >= 15 is 0 Å². The van der Waals surface area contributed by atoms with Gasteiger partial charge in [0.1, 0.15) is 5.75 Å². The van der Waals surface area contributed by atoms with Crippen LogP contribution in [0, 0.1) is 13.8 Å². The third-order valence-electron chi connectivity index (χ3n) is 2.93. The Morgan fingerprint density at radius 3 is 2.30 bits per heavy atom. The fourth-order valence-electron chi connectivity index (χ4n) is 1.87. The molecule has 0 aliphatic heterocycles. The molecule has 0 saturated carbocycles. The lowest BCUT2D eigenvalue weighted by Gasteiger charge is -2.12. The SMILES string of the molecule is Cc1cccc(C)c1NC(=O)COc1ccc(Br)cc1. The highest BCUT2D eigenvalue weighted by Crippen LogP contribution is 2.19. The Morgan fingerprint density at radius 2 is 1.70 bits per heavy atom. The van der Waals surface area contributed by atoms with E-state index in [4.69, 9.17) is 4.74 Å². The second-order valence-electron chi connectivity index (χ2n) is 4.56. The van der Waals surface area contributed by atoms with Gasteiger partial charge in [-0.2, -0.15) is 0 Å². The van der Waals surface area contributed by atoms with Crippen molar-refractivity contribution in [2.45, 2.75) is 13.8 Å². The van der Waals surface area contributed by atoms with E-state index in [0.717, 1.165) is 21.3 Å². The second kappa shape index (κ2) is 6.57. The van der Waals surface area contributed by atoms with E-state index in [9.17, 15) is 4.79 Å². The maximum absolute atomic E-state index is 11.9. The molecule has 104 valence electrons. The molecule has 20 heavy (non-hydrogen) atoms. The van der Waals surface area contributed by atoms with E-state index in [1.54, 1.807) is 0 Å². The summed E-state index contributed by atoms with van der Waals surface area (Å²) in [6, 6.07) is 13.3. The van der Waals surface area contributed by atoms with Gasteiger partial charge in [0, 0.05) is 10.2 Å². The first-order valence-electron chi connectivity index (χ1n) is 6.30. The number of amides is 1. The number of carbonyl (C=O) groups is 1. The Morgan fingerprint density at radius 1 is 1.10 bits per heavy atom. The number of hydrogen-bond acceptors (Lipinski definition) is 2. The number of nitrogens with one attached hydrogen (secondary N) is 1. The summed E-state index contributed by atoms with van der Waals surface area (Å²) < 4.78 is 6.42. The van der Waals surface area contributed by atoms with Crippen LogP contribution in [0.25, 0.3) is 0 Å². The predicted octanol–water partition coefficient (Wildman–Crippen LogP) is 4.08. The minimum absolute atomic E-state index is 0.00456. The number of aryl methyl sites for hydroxylation is 2. The molecule has 0 spiro atoms. The first-order chi connectivity index (χ1) is 9.56. The van der Waals surface area contributed by atoms with Gasteiger partial charge in [-0.1, -0.05) is 34.1 Å². The van der Waals surface area contributed by atoms with Crippen LogP contribution in [-0.4, -0.2) is 12.5 Å². The molecule has 0 unspecified atom stereocenters. The molecule has 2 aromatic carbocycles. The summed E-state index contributed by atoms with van der Waals surface area (Å²) >= 11 is 3.35. The lowest BCUT2D eigenvalue weighted by atomic mass is 10.1. The summed E-state index contributed by atoms with van der Waals surface area (Å²) in [5, 5.41) is 2.89. The Hall–Kier alpha value is -1.81. The van der Waals surface area contributed by atoms with E-state index in [-0.39, 0.29) is 12.5 Å². The van der Waals surface area contributed by atoms with Crippen molar-refractivity contribution in [3.8, 4) is 5.75 Å². The molecule has 4 heteroatoms. The number of benzene rings is 2. The zero-order valence-corrected chi connectivity index (χ0v) is 13.0. The van der Waals surface area contributed by atoms with Gasteiger partial charge in [0.2, 0.25) is 0 Å². The zero-order chi connectivity index (χ0) is 14.5. The van der Waals surface area contributed by atoms with Crippen molar-refractivity contribution in [2.24, 2.45) is 0 Å². The summed E-state index contributed by atoms with van der Waals surface area (Å²) in [5.41, 5.74) is 2.95. The van der Waals surface area contributed by atoms with Crippen molar-refractivity contribution < 1.29 is 9.53 Å². The van der Waals surface area contributed by atoms with Crippen molar-refractivity contribution in [2.75, 3.05) is 11.9 Å². The summed E-state index contributed by atoms with van der Waals surface area (Å²) in [5.74, 6) is 0.509. The van der Waals surface area contributed by atoms with Gasteiger partial charge < -0.3 is 10.1 Å². The molecule has 0 aliphatic rings. The standard InChI is InChI=1S/C16H16BrNO2/c1-11-4-3-5-12(2)16(11)18-15(19)10-20-14-8-6-13(17)7-9-14/h3-9H,10H2,1-2H3,(H,18,19). The van der Waals surface area contributed by atoms with Crippen molar-refractivity contribution in [3.63, 3.8) is 0 Å². The zero-order valence-electron chi connectivity index (χ0n) is 11.4. The maximum Gasteiger partial charge on any atom is 0.262 e. The molecule has 0 saturated heterocycles. The summed E-state index contributed by atoms with van der Waals surface area (Å²) in [7, 11) is 0. The molecule has 0 aromatic heterocycles. The molecule has 0 bridgehead atoms. The van der Waals surface area contributed by atoms with Crippen LogP contribution in [0.15, 0.2) is 46.9 Å². The average Bonchev–Trinajstić information content (AvgIpc) is 2.42. The molecule has 0 aliphatic carbocycles. The van der Waals surface area contributed by atoms with Crippen LogP contribution in [0.4, 0.5) is 5.69 Å². The van der Waals surface area contributed by atoms with Gasteiger partial charge in [-0.3, -0.25) is 4.79 Å². The number of halogens is 1. The first-order valence-corrected chi connectivity index (χ1v) is 7.10. The van der Waals surface area contributed by atoms with Gasteiger partial charge in [-0.25, -0.2) is 0 Å². The maximum atomic E-state index is 11.9. The van der Waals surface area contributed by atoms with Gasteiger partial charge in [-0.05, 0) is 49.2 Å². The molecule has 1 amide bonds. The molecule has 2 rings (SSSR count). The fourth-order valence-corrected chi connectivity index (χ4v) is 2.13. The van der Waals surface area contributed by atoms with Crippen LogP contribution in [0.2, 0.25) is 0 Å². The molecular formula is C16H16BrNO2. The molecular weight excluding hydrogens is 318 g/mol. The summed E-state index contributed by atoms with van der Waals surface area (Å²) in [4.78, 5) is 11.9. The number of hydrogen-bond donors (Lipinski definition) is 1. The highest BCUT2D eigenvalue weighted by Gasteiger charge is 2.07. The predicted molar refractivity (Wildman–Crippen MR) is 84.2 cm³/mol. The number of rotatable bonds is 4. The highest BCUT2D eigenvalue weighted by molar-refractivity contribution is 9.10. The van der Waals surface area contributed by atoms with Gasteiger partial charge in [0.25, 0.3) is 5.91 Å². The molecule has 0 fully saturated rings. The Bertz CT molecular complexity index is 588. The van der Waals surface area contributed by atoms with Crippen LogP contribution in [0.3, 0.4) is 0 Å².